The number of hydrogen-bond acceptors (Lipinski definition) is 4. The molecule has 2 atom stereocenters. The van der Waals surface area contributed by atoms with Gasteiger partial charge in [-0.25, -0.2) is 4.79 Å². The molecule has 130 valence electrons. The van der Waals surface area contributed by atoms with Crippen molar-refractivity contribution < 1.29 is 9.32 Å². The van der Waals surface area contributed by atoms with Crippen LogP contribution in [-0.4, -0.2) is 23.5 Å². The average molecular weight is 347 g/mol. The molecule has 5 nitrogen and oxygen atoms in total. The number of thioether (sulfide) groups is 1. The highest BCUT2D eigenvalue weighted by molar-refractivity contribution is 7.98. The molecular formula is C18H25N3O2S. The molecule has 0 saturated heterocycles. The largest absolute Gasteiger partial charge is 0.361 e. The summed E-state index contributed by atoms with van der Waals surface area (Å²) in [5.41, 5.74) is 3.93. The number of anilines is 1. The van der Waals surface area contributed by atoms with E-state index in [2.05, 4.69) is 35.0 Å². The summed E-state index contributed by atoms with van der Waals surface area (Å²) in [6, 6.07) is 7.72. The standard InChI is InChI=1S/C18H25N3O2S/c1-11(9-17-12(2)21-23-13(17)3)19-18(22)20-16-8-6-7-15(10-16)14(4)24-5/h6-8,10-11,14H,9H2,1-5H3,(H2,19,20,22)/t11-,14-/m1/s1. The third-order valence-electron chi connectivity index (χ3n) is 4.04. The molecule has 0 fully saturated rings. The van der Waals surface area contributed by atoms with Gasteiger partial charge in [0.15, 0.2) is 0 Å². The molecule has 2 rings (SSSR count). The zero-order valence-electron chi connectivity index (χ0n) is 14.8. The van der Waals surface area contributed by atoms with Gasteiger partial charge in [0.05, 0.1) is 5.69 Å². The lowest BCUT2D eigenvalue weighted by molar-refractivity contribution is 0.249. The number of amides is 2. The number of carbonyl (C=O) groups is 1. The Hall–Kier alpha value is -1.95. The van der Waals surface area contributed by atoms with Crippen LogP contribution < -0.4 is 10.6 Å². The van der Waals surface area contributed by atoms with Gasteiger partial charge in [-0.2, -0.15) is 11.8 Å². The monoisotopic (exact) mass is 347 g/mol. The van der Waals surface area contributed by atoms with Crippen molar-refractivity contribution >= 4 is 23.5 Å². The second-order valence-electron chi connectivity index (χ2n) is 6.01. The summed E-state index contributed by atoms with van der Waals surface area (Å²) in [7, 11) is 0. The maximum absolute atomic E-state index is 12.2. The normalized spacial score (nSPS) is 13.4. The summed E-state index contributed by atoms with van der Waals surface area (Å²) in [5, 5.41) is 10.2. The Morgan fingerprint density at radius 2 is 2.08 bits per heavy atom. The third-order valence-corrected chi connectivity index (χ3v) is 5.02. The molecule has 0 bridgehead atoms. The lowest BCUT2D eigenvalue weighted by atomic mass is 10.1. The maximum atomic E-state index is 12.2. The Balaban J connectivity index is 1.93. The maximum Gasteiger partial charge on any atom is 0.319 e. The minimum Gasteiger partial charge on any atom is -0.361 e. The topological polar surface area (TPSA) is 67.2 Å². The molecule has 1 aromatic heterocycles. The van der Waals surface area contributed by atoms with Crippen LogP contribution in [0, 0.1) is 13.8 Å². The first-order valence-electron chi connectivity index (χ1n) is 8.02. The number of rotatable bonds is 6. The van der Waals surface area contributed by atoms with Crippen LogP contribution in [0.3, 0.4) is 0 Å². The molecule has 0 aliphatic heterocycles. The lowest BCUT2D eigenvalue weighted by Crippen LogP contribution is -2.37. The van der Waals surface area contributed by atoms with Crippen LogP contribution in [0.2, 0.25) is 0 Å². The average Bonchev–Trinajstić information content (AvgIpc) is 2.86. The first kappa shape index (κ1) is 18.4. The highest BCUT2D eigenvalue weighted by atomic mass is 32.2. The molecule has 2 amide bonds. The van der Waals surface area contributed by atoms with Crippen molar-refractivity contribution in [3.05, 3.63) is 46.8 Å². The molecule has 0 spiro atoms. The molecular weight excluding hydrogens is 322 g/mol. The molecule has 1 heterocycles. The summed E-state index contributed by atoms with van der Waals surface area (Å²) in [4.78, 5) is 12.2. The van der Waals surface area contributed by atoms with Crippen molar-refractivity contribution in [3.63, 3.8) is 0 Å². The predicted octanol–water partition coefficient (Wildman–Crippen LogP) is 4.47. The van der Waals surface area contributed by atoms with Crippen molar-refractivity contribution in [3.8, 4) is 0 Å². The van der Waals surface area contributed by atoms with E-state index in [-0.39, 0.29) is 12.1 Å². The van der Waals surface area contributed by atoms with E-state index >= 15 is 0 Å². The number of hydrogen-bond donors (Lipinski definition) is 2. The second kappa shape index (κ2) is 8.24. The van der Waals surface area contributed by atoms with Crippen molar-refractivity contribution in [2.24, 2.45) is 0 Å². The number of carbonyl (C=O) groups excluding carboxylic acids is 1. The highest BCUT2D eigenvalue weighted by Crippen LogP contribution is 2.27. The van der Waals surface area contributed by atoms with Crippen molar-refractivity contribution in [1.29, 1.82) is 0 Å². The van der Waals surface area contributed by atoms with Gasteiger partial charge in [0.1, 0.15) is 5.76 Å². The number of nitrogens with one attached hydrogen (secondary N) is 2. The fraction of sp³-hybridized carbons (Fsp3) is 0.444. The second-order valence-corrected chi connectivity index (χ2v) is 7.19. The Morgan fingerprint density at radius 1 is 1.33 bits per heavy atom. The highest BCUT2D eigenvalue weighted by Gasteiger charge is 2.15. The summed E-state index contributed by atoms with van der Waals surface area (Å²) in [5.74, 6) is 0.806. The minimum absolute atomic E-state index is 0.0184. The van der Waals surface area contributed by atoms with Crippen LogP contribution in [0.4, 0.5) is 10.5 Å². The van der Waals surface area contributed by atoms with Gasteiger partial charge in [-0.3, -0.25) is 0 Å². The zero-order chi connectivity index (χ0) is 17.7. The van der Waals surface area contributed by atoms with E-state index in [0.29, 0.717) is 11.7 Å². The summed E-state index contributed by atoms with van der Waals surface area (Å²) in [6.07, 6.45) is 2.77. The number of aromatic nitrogens is 1. The molecule has 0 aliphatic carbocycles. The lowest BCUT2D eigenvalue weighted by Gasteiger charge is -2.15. The summed E-state index contributed by atoms with van der Waals surface area (Å²) >= 11 is 1.78. The molecule has 0 saturated carbocycles. The van der Waals surface area contributed by atoms with Gasteiger partial charge < -0.3 is 15.2 Å². The minimum atomic E-state index is -0.205. The quantitative estimate of drug-likeness (QED) is 0.809. The van der Waals surface area contributed by atoms with Crippen LogP contribution in [0.1, 0.15) is 41.7 Å². The van der Waals surface area contributed by atoms with Crippen LogP contribution in [0.15, 0.2) is 28.8 Å². The van der Waals surface area contributed by atoms with Gasteiger partial charge >= 0.3 is 6.03 Å². The number of benzene rings is 1. The molecule has 0 unspecified atom stereocenters. The molecule has 2 N–H and O–H groups in total. The molecule has 0 aliphatic rings. The number of aryl methyl sites for hydroxylation is 2. The van der Waals surface area contributed by atoms with Gasteiger partial charge in [-0.15, -0.1) is 0 Å². The molecule has 0 radical (unpaired) electrons. The third kappa shape index (κ3) is 4.77. The zero-order valence-corrected chi connectivity index (χ0v) is 15.7. The number of urea groups is 1. The Bertz CT molecular complexity index is 680. The van der Waals surface area contributed by atoms with E-state index in [4.69, 9.17) is 4.52 Å². The molecule has 6 heteroatoms. The first-order chi connectivity index (χ1) is 11.4. The van der Waals surface area contributed by atoms with Gasteiger partial charge in [0.2, 0.25) is 0 Å². The van der Waals surface area contributed by atoms with E-state index < -0.39 is 0 Å². The van der Waals surface area contributed by atoms with E-state index in [0.717, 1.165) is 22.7 Å². The summed E-state index contributed by atoms with van der Waals surface area (Å²) in [6.45, 7) is 7.92. The van der Waals surface area contributed by atoms with E-state index in [9.17, 15) is 4.79 Å². The van der Waals surface area contributed by atoms with Crippen LogP contribution in [0.25, 0.3) is 0 Å². The van der Waals surface area contributed by atoms with E-state index in [1.165, 1.54) is 5.56 Å². The van der Waals surface area contributed by atoms with Crippen LogP contribution in [0.5, 0.6) is 0 Å². The van der Waals surface area contributed by atoms with E-state index in [1.54, 1.807) is 11.8 Å². The van der Waals surface area contributed by atoms with E-state index in [1.807, 2.05) is 39.0 Å². The van der Waals surface area contributed by atoms with Gasteiger partial charge in [-0.05, 0) is 58.1 Å². The smallest absolute Gasteiger partial charge is 0.319 e. The van der Waals surface area contributed by atoms with Gasteiger partial charge in [0, 0.05) is 22.5 Å². The predicted molar refractivity (Wildman–Crippen MR) is 99.7 cm³/mol. The fourth-order valence-electron chi connectivity index (χ4n) is 2.55. The molecule has 24 heavy (non-hydrogen) atoms. The Morgan fingerprint density at radius 3 is 2.71 bits per heavy atom. The van der Waals surface area contributed by atoms with Crippen LogP contribution in [-0.2, 0) is 6.42 Å². The number of nitrogens with zero attached hydrogens (tertiary/aromatic N) is 1. The van der Waals surface area contributed by atoms with Crippen molar-refractivity contribution in [2.45, 2.75) is 45.4 Å². The Labute approximate surface area is 147 Å². The van der Waals surface area contributed by atoms with Gasteiger partial charge in [0.25, 0.3) is 0 Å². The van der Waals surface area contributed by atoms with Gasteiger partial charge in [-0.1, -0.05) is 17.3 Å². The molecule has 2 aromatic rings. The fourth-order valence-corrected chi connectivity index (χ4v) is 2.97. The van der Waals surface area contributed by atoms with Crippen molar-refractivity contribution in [1.82, 2.24) is 10.5 Å². The Kier molecular flexibility index (Phi) is 6.31. The summed E-state index contributed by atoms with van der Waals surface area (Å²) < 4.78 is 5.16. The molecule has 1 aromatic carbocycles. The van der Waals surface area contributed by atoms with Crippen molar-refractivity contribution in [2.75, 3.05) is 11.6 Å². The SMILES string of the molecule is CS[C@H](C)c1cccc(NC(=O)N[C@H](C)Cc2c(C)noc2C)c1. The first-order valence-corrected chi connectivity index (χ1v) is 9.31. The van der Waals surface area contributed by atoms with Crippen LogP contribution >= 0.6 is 11.8 Å².